The Kier molecular flexibility index (Phi) is 4.80. The number of hydrogen-bond donors (Lipinski definition) is 1. The molecule has 5 nitrogen and oxygen atoms in total. The van der Waals surface area contributed by atoms with E-state index in [-0.39, 0.29) is 37.6 Å². The number of benzene rings is 1. The summed E-state index contributed by atoms with van der Waals surface area (Å²) in [7, 11) is 1.46. The molecule has 2 rings (SSSR count). The second-order valence-electron chi connectivity index (χ2n) is 5.21. The number of halogens is 1. The third kappa shape index (κ3) is 3.33. The molecule has 1 fully saturated rings. The van der Waals surface area contributed by atoms with Crippen molar-refractivity contribution in [2.45, 2.75) is 18.8 Å². The smallest absolute Gasteiger partial charge is 0.302 e. The van der Waals surface area contributed by atoms with Gasteiger partial charge in [0, 0.05) is 25.4 Å². The van der Waals surface area contributed by atoms with Gasteiger partial charge in [0.05, 0.1) is 13.2 Å². The molecule has 0 unspecified atom stereocenters. The molecular formula is C15H19FO5. The lowest BCUT2D eigenvalue weighted by Crippen LogP contribution is -2.19. The van der Waals surface area contributed by atoms with Crippen LogP contribution in [0, 0.1) is 11.7 Å². The van der Waals surface area contributed by atoms with Crippen LogP contribution in [0.3, 0.4) is 0 Å². The van der Waals surface area contributed by atoms with E-state index in [0.29, 0.717) is 12.0 Å². The summed E-state index contributed by atoms with van der Waals surface area (Å²) in [6.07, 6.45) is 0.661. The zero-order valence-electron chi connectivity index (χ0n) is 12.1. The Labute approximate surface area is 122 Å². The van der Waals surface area contributed by atoms with Gasteiger partial charge in [-0.05, 0) is 24.1 Å². The summed E-state index contributed by atoms with van der Waals surface area (Å²) in [5, 5.41) is 9.63. The van der Waals surface area contributed by atoms with E-state index < -0.39 is 11.2 Å². The Bertz CT molecular complexity index is 519. The molecule has 1 aliphatic rings. The van der Waals surface area contributed by atoms with Gasteiger partial charge in [-0.1, -0.05) is 6.07 Å². The lowest BCUT2D eigenvalue weighted by Gasteiger charge is -2.16. The highest BCUT2D eigenvalue weighted by Gasteiger charge is 2.55. The monoisotopic (exact) mass is 298 g/mol. The minimum atomic E-state index is -0.532. The van der Waals surface area contributed by atoms with Gasteiger partial charge in [0.25, 0.3) is 0 Å². The highest BCUT2D eigenvalue weighted by Crippen LogP contribution is 2.54. The van der Waals surface area contributed by atoms with Gasteiger partial charge in [0.2, 0.25) is 0 Å². The molecule has 0 radical (unpaired) electrons. The van der Waals surface area contributed by atoms with Crippen molar-refractivity contribution in [1.82, 2.24) is 0 Å². The van der Waals surface area contributed by atoms with Gasteiger partial charge >= 0.3 is 5.97 Å². The zero-order chi connectivity index (χ0) is 15.5. The van der Waals surface area contributed by atoms with Crippen molar-refractivity contribution in [2.75, 3.05) is 27.1 Å². The standard InChI is InChI=1S/C15H19FO5/c1-10(18)20-7-12-6-15(12,8-17)11-3-4-14(13(16)5-11)21-9-19-2/h3-5,12,17H,6-9H2,1-2H3/t12-,15+/m0/s1. The molecule has 1 saturated carbocycles. The lowest BCUT2D eigenvalue weighted by atomic mass is 9.94. The van der Waals surface area contributed by atoms with Gasteiger partial charge in [0.15, 0.2) is 18.4 Å². The summed E-state index contributed by atoms with van der Waals surface area (Å²) in [6, 6.07) is 4.59. The summed E-state index contributed by atoms with van der Waals surface area (Å²) in [5.74, 6) is -0.749. The van der Waals surface area contributed by atoms with Gasteiger partial charge in [-0.2, -0.15) is 0 Å². The van der Waals surface area contributed by atoms with Crippen LogP contribution >= 0.6 is 0 Å². The maximum Gasteiger partial charge on any atom is 0.302 e. The molecule has 0 aromatic heterocycles. The maximum absolute atomic E-state index is 14.0. The number of rotatable bonds is 7. The lowest BCUT2D eigenvalue weighted by molar-refractivity contribution is -0.141. The van der Waals surface area contributed by atoms with E-state index >= 15 is 0 Å². The summed E-state index contributed by atoms with van der Waals surface area (Å²) in [4.78, 5) is 10.8. The topological polar surface area (TPSA) is 65.0 Å². The molecule has 0 spiro atoms. The summed E-state index contributed by atoms with van der Waals surface area (Å²) in [6.45, 7) is 1.43. The molecule has 21 heavy (non-hydrogen) atoms. The van der Waals surface area contributed by atoms with Crippen LogP contribution in [0.4, 0.5) is 4.39 Å². The molecule has 0 saturated heterocycles. The third-order valence-electron chi connectivity index (χ3n) is 3.84. The first-order valence-corrected chi connectivity index (χ1v) is 6.69. The van der Waals surface area contributed by atoms with Crippen LogP contribution in [-0.2, 0) is 19.7 Å². The summed E-state index contributed by atoms with van der Waals surface area (Å²) in [5.41, 5.74) is 0.153. The quantitative estimate of drug-likeness (QED) is 0.612. The van der Waals surface area contributed by atoms with Crippen LogP contribution in [0.25, 0.3) is 0 Å². The largest absolute Gasteiger partial charge is 0.466 e. The Hall–Kier alpha value is -1.66. The van der Waals surface area contributed by atoms with Gasteiger partial charge in [-0.15, -0.1) is 0 Å². The van der Waals surface area contributed by atoms with Crippen LogP contribution in [0.2, 0.25) is 0 Å². The molecule has 6 heteroatoms. The third-order valence-corrected chi connectivity index (χ3v) is 3.84. The molecule has 0 bridgehead atoms. The van der Waals surface area contributed by atoms with Crippen molar-refractivity contribution < 1.29 is 28.5 Å². The van der Waals surface area contributed by atoms with Gasteiger partial charge < -0.3 is 19.3 Å². The number of aliphatic hydroxyl groups excluding tert-OH is 1. The first kappa shape index (κ1) is 15.7. The van der Waals surface area contributed by atoms with E-state index in [1.807, 2.05) is 0 Å². The van der Waals surface area contributed by atoms with E-state index in [0.717, 1.165) is 0 Å². The minimum Gasteiger partial charge on any atom is -0.466 e. The second-order valence-corrected chi connectivity index (χ2v) is 5.21. The van der Waals surface area contributed by atoms with Crippen LogP contribution in [0.15, 0.2) is 18.2 Å². The fourth-order valence-electron chi connectivity index (χ4n) is 2.51. The SMILES string of the molecule is COCOc1ccc([C@]2(CO)C[C@H]2COC(C)=O)cc1F. The highest BCUT2D eigenvalue weighted by molar-refractivity contribution is 5.66. The van der Waals surface area contributed by atoms with Crippen LogP contribution in [0.5, 0.6) is 5.75 Å². The van der Waals surface area contributed by atoms with E-state index in [2.05, 4.69) is 0 Å². The molecule has 1 N–H and O–H groups in total. The molecular weight excluding hydrogens is 279 g/mol. The van der Waals surface area contributed by atoms with E-state index in [1.165, 1.54) is 26.2 Å². The molecule has 0 aliphatic heterocycles. The number of ether oxygens (including phenoxy) is 3. The molecule has 116 valence electrons. The van der Waals surface area contributed by atoms with E-state index in [9.17, 15) is 14.3 Å². The van der Waals surface area contributed by atoms with Crippen LogP contribution < -0.4 is 4.74 Å². The first-order valence-electron chi connectivity index (χ1n) is 6.69. The molecule has 0 heterocycles. The van der Waals surface area contributed by atoms with Crippen molar-refractivity contribution in [3.63, 3.8) is 0 Å². The predicted octanol–water partition coefficient (Wildman–Crippen LogP) is 1.62. The number of carbonyl (C=O) groups excluding carboxylic acids is 1. The fraction of sp³-hybridized carbons (Fsp3) is 0.533. The molecule has 2 atom stereocenters. The normalized spacial score (nSPS) is 23.7. The average molecular weight is 298 g/mol. The molecule has 0 amide bonds. The number of esters is 1. The number of hydrogen-bond acceptors (Lipinski definition) is 5. The van der Waals surface area contributed by atoms with Crippen molar-refractivity contribution in [3.8, 4) is 5.75 Å². The Morgan fingerprint density at radius 2 is 2.29 bits per heavy atom. The van der Waals surface area contributed by atoms with Crippen LogP contribution in [0.1, 0.15) is 18.9 Å². The molecule has 1 aromatic rings. The van der Waals surface area contributed by atoms with E-state index in [4.69, 9.17) is 14.2 Å². The summed E-state index contributed by atoms with van der Waals surface area (Å²) < 4.78 is 28.7. The predicted molar refractivity (Wildman–Crippen MR) is 72.4 cm³/mol. The van der Waals surface area contributed by atoms with Crippen molar-refractivity contribution >= 4 is 5.97 Å². The fourth-order valence-corrected chi connectivity index (χ4v) is 2.51. The van der Waals surface area contributed by atoms with Crippen molar-refractivity contribution in [1.29, 1.82) is 0 Å². The van der Waals surface area contributed by atoms with Crippen molar-refractivity contribution in [2.24, 2.45) is 5.92 Å². The number of methoxy groups -OCH3 is 1. The minimum absolute atomic E-state index is 0.0107. The average Bonchev–Trinajstić information content (AvgIpc) is 3.18. The molecule has 1 aromatic carbocycles. The maximum atomic E-state index is 14.0. The van der Waals surface area contributed by atoms with Crippen LogP contribution in [-0.4, -0.2) is 38.2 Å². The van der Waals surface area contributed by atoms with Crippen molar-refractivity contribution in [3.05, 3.63) is 29.6 Å². The Balaban J connectivity index is 2.10. The number of aliphatic hydroxyl groups is 1. The Morgan fingerprint density at radius 1 is 1.52 bits per heavy atom. The van der Waals surface area contributed by atoms with E-state index in [1.54, 1.807) is 6.07 Å². The number of carbonyl (C=O) groups is 1. The van der Waals surface area contributed by atoms with Gasteiger partial charge in [-0.3, -0.25) is 4.79 Å². The van der Waals surface area contributed by atoms with Gasteiger partial charge in [-0.25, -0.2) is 4.39 Å². The summed E-state index contributed by atoms with van der Waals surface area (Å²) >= 11 is 0. The zero-order valence-corrected chi connectivity index (χ0v) is 12.1. The first-order chi connectivity index (χ1) is 10.0. The second kappa shape index (κ2) is 6.41. The highest BCUT2D eigenvalue weighted by atomic mass is 19.1. The van der Waals surface area contributed by atoms with Gasteiger partial charge in [0.1, 0.15) is 0 Å². The molecule has 1 aliphatic carbocycles. The Morgan fingerprint density at radius 3 is 2.86 bits per heavy atom.